The van der Waals surface area contributed by atoms with Crippen molar-refractivity contribution < 1.29 is 9.18 Å². The lowest BCUT2D eigenvalue weighted by Crippen LogP contribution is -2.47. The Morgan fingerprint density at radius 1 is 1.27 bits per heavy atom. The van der Waals surface area contributed by atoms with Crippen LogP contribution in [0.15, 0.2) is 24.3 Å². The first-order valence-corrected chi connectivity index (χ1v) is 8.22. The molecule has 1 N–H and O–H groups in total. The average molecular weight is 305 g/mol. The maximum absolute atomic E-state index is 13.4. The Labute approximate surface area is 131 Å². The molecule has 5 heteroatoms. The number of piperazine rings is 1. The third-order valence-electron chi connectivity index (χ3n) is 4.68. The molecule has 0 radical (unpaired) electrons. The van der Waals surface area contributed by atoms with Gasteiger partial charge < -0.3 is 10.2 Å². The van der Waals surface area contributed by atoms with Crippen molar-refractivity contribution in [3.8, 4) is 0 Å². The van der Waals surface area contributed by atoms with Crippen LogP contribution < -0.4 is 5.32 Å². The van der Waals surface area contributed by atoms with Crippen molar-refractivity contribution >= 4 is 5.91 Å². The molecule has 1 amide bonds. The molecule has 0 bridgehead atoms. The standard InChI is InChI=1S/C17H24FN3O/c18-15-4-1-3-14(13-15)16-5-2-9-20(16)10-6-17(22)21-11-7-19-8-12-21/h1,3-4,13,16,19H,2,5-12H2. The van der Waals surface area contributed by atoms with E-state index in [9.17, 15) is 9.18 Å². The van der Waals surface area contributed by atoms with Gasteiger partial charge in [0.1, 0.15) is 5.82 Å². The summed E-state index contributed by atoms with van der Waals surface area (Å²) in [6.07, 6.45) is 2.72. The van der Waals surface area contributed by atoms with Gasteiger partial charge in [-0.15, -0.1) is 0 Å². The zero-order valence-corrected chi connectivity index (χ0v) is 12.9. The van der Waals surface area contributed by atoms with E-state index in [0.717, 1.165) is 57.7 Å². The van der Waals surface area contributed by atoms with Gasteiger partial charge >= 0.3 is 0 Å². The number of nitrogens with one attached hydrogen (secondary N) is 1. The topological polar surface area (TPSA) is 35.6 Å². The minimum Gasteiger partial charge on any atom is -0.340 e. The fourth-order valence-electron chi connectivity index (χ4n) is 3.50. The Kier molecular flexibility index (Phi) is 5.05. The van der Waals surface area contributed by atoms with E-state index in [2.05, 4.69) is 10.2 Å². The lowest BCUT2D eigenvalue weighted by molar-refractivity contribution is -0.132. The number of likely N-dealkylation sites (tertiary alicyclic amines) is 1. The molecule has 2 saturated heterocycles. The van der Waals surface area contributed by atoms with E-state index in [1.165, 1.54) is 6.07 Å². The highest BCUT2D eigenvalue weighted by atomic mass is 19.1. The number of carbonyl (C=O) groups is 1. The predicted molar refractivity (Wildman–Crippen MR) is 84.0 cm³/mol. The molecule has 0 aliphatic carbocycles. The molecule has 3 rings (SSSR count). The van der Waals surface area contributed by atoms with E-state index in [1.807, 2.05) is 11.0 Å². The normalized spacial score (nSPS) is 23.0. The SMILES string of the molecule is O=C(CCN1CCCC1c1cccc(F)c1)N1CCNCC1. The van der Waals surface area contributed by atoms with Crippen LogP contribution in [0, 0.1) is 5.82 Å². The van der Waals surface area contributed by atoms with Crippen LogP contribution in [0.1, 0.15) is 30.9 Å². The summed E-state index contributed by atoms with van der Waals surface area (Å²) in [6.45, 7) is 5.17. The second-order valence-corrected chi connectivity index (χ2v) is 6.13. The number of hydrogen-bond acceptors (Lipinski definition) is 3. The molecule has 120 valence electrons. The van der Waals surface area contributed by atoms with Gasteiger partial charge in [0.2, 0.25) is 5.91 Å². The maximum atomic E-state index is 13.4. The van der Waals surface area contributed by atoms with Gasteiger partial charge in [-0.3, -0.25) is 9.69 Å². The highest BCUT2D eigenvalue weighted by Gasteiger charge is 2.27. The summed E-state index contributed by atoms with van der Waals surface area (Å²) < 4.78 is 13.4. The van der Waals surface area contributed by atoms with Crippen molar-refractivity contribution in [2.45, 2.75) is 25.3 Å². The molecule has 1 aromatic carbocycles. The molecule has 1 aromatic rings. The van der Waals surface area contributed by atoms with Crippen LogP contribution in [-0.2, 0) is 4.79 Å². The van der Waals surface area contributed by atoms with Crippen molar-refractivity contribution in [2.75, 3.05) is 39.3 Å². The minimum absolute atomic E-state index is 0.179. The molecule has 2 fully saturated rings. The summed E-state index contributed by atoms with van der Waals surface area (Å²) in [5, 5.41) is 3.26. The van der Waals surface area contributed by atoms with Gasteiger partial charge in [-0.25, -0.2) is 4.39 Å². The van der Waals surface area contributed by atoms with Crippen LogP contribution in [0.3, 0.4) is 0 Å². The number of halogens is 1. The van der Waals surface area contributed by atoms with E-state index in [-0.39, 0.29) is 17.8 Å². The molecule has 2 heterocycles. The fraction of sp³-hybridized carbons (Fsp3) is 0.588. The number of carbonyl (C=O) groups excluding carboxylic acids is 1. The van der Waals surface area contributed by atoms with Gasteiger partial charge in [0.05, 0.1) is 0 Å². The van der Waals surface area contributed by atoms with Crippen LogP contribution in [0.5, 0.6) is 0 Å². The first-order chi connectivity index (χ1) is 10.7. The number of nitrogens with zero attached hydrogens (tertiary/aromatic N) is 2. The largest absolute Gasteiger partial charge is 0.340 e. The molecule has 0 aromatic heterocycles. The average Bonchev–Trinajstić information content (AvgIpc) is 3.02. The first kappa shape index (κ1) is 15.4. The van der Waals surface area contributed by atoms with Crippen LogP contribution in [0.25, 0.3) is 0 Å². The van der Waals surface area contributed by atoms with E-state index in [1.54, 1.807) is 12.1 Å². The number of rotatable bonds is 4. The van der Waals surface area contributed by atoms with Gasteiger partial charge in [-0.05, 0) is 37.1 Å². The summed E-state index contributed by atoms with van der Waals surface area (Å²) in [5.41, 5.74) is 1.03. The third kappa shape index (κ3) is 3.65. The maximum Gasteiger partial charge on any atom is 0.223 e. The van der Waals surface area contributed by atoms with Crippen molar-refractivity contribution in [2.24, 2.45) is 0 Å². The lowest BCUT2D eigenvalue weighted by atomic mass is 10.0. The molecule has 1 unspecified atom stereocenters. The predicted octanol–water partition coefficient (Wildman–Crippen LogP) is 1.78. The van der Waals surface area contributed by atoms with Crippen LogP contribution in [0.4, 0.5) is 4.39 Å². The monoisotopic (exact) mass is 305 g/mol. The van der Waals surface area contributed by atoms with Crippen molar-refractivity contribution in [1.82, 2.24) is 15.1 Å². The molecule has 4 nitrogen and oxygen atoms in total. The van der Waals surface area contributed by atoms with E-state index in [4.69, 9.17) is 0 Å². The second-order valence-electron chi connectivity index (χ2n) is 6.13. The summed E-state index contributed by atoms with van der Waals surface area (Å²) in [5.74, 6) is 0.0626. The van der Waals surface area contributed by atoms with Gasteiger partial charge in [0.25, 0.3) is 0 Å². The molecular formula is C17H24FN3O. The lowest BCUT2D eigenvalue weighted by Gasteiger charge is -2.29. The van der Waals surface area contributed by atoms with Crippen LogP contribution in [0.2, 0.25) is 0 Å². The zero-order valence-electron chi connectivity index (χ0n) is 12.9. The molecule has 2 aliphatic rings. The molecular weight excluding hydrogens is 281 g/mol. The van der Waals surface area contributed by atoms with Crippen LogP contribution in [-0.4, -0.2) is 55.0 Å². The van der Waals surface area contributed by atoms with Gasteiger partial charge in [0, 0.05) is 45.2 Å². The summed E-state index contributed by atoms with van der Waals surface area (Å²) in [4.78, 5) is 16.5. The minimum atomic E-state index is -0.179. The Balaban J connectivity index is 1.56. The van der Waals surface area contributed by atoms with Gasteiger partial charge in [-0.1, -0.05) is 12.1 Å². The summed E-state index contributed by atoms with van der Waals surface area (Å²) >= 11 is 0. The van der Waals surface area contributed by atoms with E-state index >= 15 is 0 Å². The van der Waals surface area contributed by atoms with Crippen LogP contribution >= 0.6 is 0 Å². The van der Waals surface area contributed by atoms with Crippen molar-refractivity contribution in [1.29, 1.82) is 0 Å². The molecule has 1 atom stereocenters. The molecule has 22 heavy (non-hydrogen) atoms. The van der Waals surface area contributed by atoms with E-state index in [0.29, 0.717) is 6.42 Å². The quantitative estimate of drug-likeness (QED) is 0.921. The Hall–Kier alpha value is -1.46. The molecule has 2 aliphatic heterocycles. The Bertz CT molecular complexity index is 516. The Morgan fingerprint density at radius 3 is 2.86 bits per heavy atom. The van der Waals surface area contributed by atoms with E-state index < -0.39 is 0 Å². The van der Waals surface area contributed by atoms with Crippen molar-refractivity contribution in [3.05, 3.63) is 35.6 Å². The number of benzene rings is 1. The highest BCUT2D eigenvalue weighted by Crippen LogP contribution is 2.32. The van der Waals surface area contributed by atoms with Crippen molar-refractivity contribution in [3.63, 3.8) is 0 Å². The summed E-state index contributed by atoms with van der Waals surface area (Å²) in [6, 6.07) is 7.13. The highest BCUT2D eigenvalue weighted by molar-refractivity contribution is 5.76. The molecule has 0 saturated carbocycles. The first-order valence-electron chi connectivity index (χ1n) is 8.22. The second kappa shape index (κ2) is 7.20. The number of hydrogen-bond donors (Lipinski definition) is 1. The fourth-order valence-corrected chi connectivity index (χ4v) is 3.50. The number of amides is 1. The zero-order chi connectivity index (χ0) is 15.4. The smallest absolute Gasteiger partial charge is 0.223 e. The third-order valence-corrected chi connectivity index (χ3v) is 4.68. The Morgan fingerprint density at radius 2 is 2.09 bits per heavy atom. The molecule has 0 spiro atoms. The van der Waals surface area contributed by atoms with Gasteiger partial charge in [-0.2, -0.15) is 0 Å². The summed E-state index contributed by atoms with van der Waals surface area (Å²) in [7, 11) is 0. The van der Waals surface area contributed by atoms with Gasteiger partial charge in [0.15, 0.2) is 0 Å².